The lowest BCUT2D eigenvalue weighted by Gasteiger charge is -2.18. The molecule has 0 bridgehead atoms. The zero-order chi connectivity index (χ0) is 16.3. The van der Waals surface area contributed by atoms with Gasteiger partial charge in [0.25, 0.3) is 0 Å². The zero-order valence-electron chi connectivity index (χ0n) is 14.0. The molecule has 1 fully saturated rings. The Labute approximate surface area is 135 Å². The van der Waals surface area contributed by atoms with Crippen LogP contribution in [0.3, 0.4) is 0 Å². The molecule has 0 atom stereocenters. The second-order valence-electron chi connectivity index (χ2n) is 6.78. The van der Waals surface area contributed by atoms with Crippen molar-refractivity contribution in [3.63, 3.8) is 0 Å². The van der Waals surface area contributed by atoms with Gasteiger partial charge in [-0.25, -0.2) is 13.1 Å². The Hall–Kier alpha value is -0.910. The van der Waals surface area contributed by atoms with Crippen molar-refractivity contribution in [1.29, 1.82) is 0 Å². The van der Waals surface area contributed by atoms with E-state index in [0.29, 0.717) is 6.04 Å². The lowest BCUT2D eigenvalue weighted by molar-refractivity contribution is 0.227. The van der Waals surface area contributed by atoms with E-state index in [2.05, 4.69) is 47.7 Å². The fourth-order valence-electron chi connectivity index (χ4n) is 2.53. The van der Waals surface area contributed by atoms with E-state index in [4.69, 9.17) is 0 Å². The lowest BCUT2D eigenvalue weighted by atomic mass is 10.1. The maximum Gasteiger partial charge on any atom is 0.214 e. The van der Waals surface area contributed by atoms with Crippen LogP contribution in [-0.4, -0.2) is 30.7 Å². The van der Waals surface area contributed by atoms with E-state index in [1.54, 1.807) is 0 Å². The van der Waals surface area contributed by atoms with E-state index in [0.717, 1.165) is 25.9 Å². The summed E-state index contributed by atoms with van der Waals surface area (Å²) in [6.07, 6.45) is 1.67. The Kier molecular flexibility index (Phi) is 5.64. The summed E-state index contributed by atoms with van der Waals surface area (Å²) in [5.41, 5.74) is 3.01. The van der Waals surface area contributed by atoms with Gasteiger partial charge in [-0.3, -0.25) is 4.90 Å². The van der Waals surface area contributed by atoms with Gasteiger partial charge in [0, 0.05) is 25.2 Å². The molecule has 1 aromatic rings. The summed E-state index contributed by atoms with van der Waals surface area (Å²) in [5, 5.41) is -0.0881. The summed E-state index contributed by atoms with van der Waals surface area (Å²) in [6, 6.07) is 9.42. The smallest absolute Gasteiger partial charge is 0.214 e. The third kappa shape index (κ3) is 4.80. The summed E-state index contributed by atoms with van der Waals surface area (Å²) in [5.74, 6) is 0. The van der Waals surface area contributed by atoms with E-state index in [1.165, 1.54) is 11.1 Å². The predicted octanol–water partition coefficient (Wildman–Crippen LogP) is 2.89. The number of fused-ring (bicyclic) bond motifs is 1. The minimum Gasteiger partial charge on any atom is -0.292 e. The minimum absolute atomic E-state index is 0.0330. The van der Waals surface area contributed by atoms with Crippen molar-refractivity contribution in [3.05, 3.63) is 35.4 Å². The van der Waals surface area contributed by atoms with Gasteiger partial charge >= 0.3 is 0 Å². The van der Waals surface area contributed by atoms with Crippen LogP contribution in [0.2, 0.25) is 0 Å². The Morgan fingerprint density at radius 2 is 1.55 bits per heavy atom. The SMILES string of the molecule is CC(C)N1Cc2ccccc2C1.CC(C)NS(=O)(=O)C1CC1. The average molecular weight is 324 g/mol. The summed E-state index contributed by atoms with van der Waals surface area (Å²) < 4.78 is 24.7. The van der Waals surface area contributed by atoms with Crippen LogP contribution in [0.5, 0.6) is 0 Å². The molecule has 124 valence electrons. The summed E-state index contributed by atoms with van der Waals surface area (Å²) in [6.45, 7) is 10.4. The van der Waals surface area contributed by atoms with Crippen molar-refractivity contribution in [2.75, 3.05) is 0 Å². The van der Waals surface area contributed by atoms with E-state index < -0.39 is 10.0 Å². The highest BCUT2D eigenvalue weighted by molar-refractivity contribution is 7.90. The highest BCUT2D eigenvalue weighted by Crippen LogP contribution is 2.27. The van der Waals surface area contributed by atoms with E-state index in [1.807, 2.05) is 13.8 Å². The Balaban J connectivity index is 0.000000164. The molecule has 1 aliphatic heterocycles. The number of nitrogens with one attached hydrogen (secondary N) is 1. The Morgan fingerprint density at radius 1 is 1.05 bits per heavy atom. The molecule has 3 rings (SSSR count). The van der Waals surface area contributed by atoms with Gasteiger partial charge in [-0.1, -0.05) is 24.3 Å². The van der Waals surface area contributed by atoms with Crippen LogP contribution in [0, 0.1) is 0 Å². The van der Waals surface area contributed by atoms with E-state index in [-0.39, 0.29) is 11.3 Å². The van der Waals surface area contributed by atoms with Gasteiger partial charge in [0.05, 0.1) is 5.25 Å². The topological polar surface area (TPSA) is 49.4 Å². The molecule has 4 nitrogen and oxygen atoms in total. The largest absolute Gasteiger partial charge is 0.292 e. The highest BCUT2D eigenvalue weighted by atomic mass is 32.2. The number of nitrogens with zero attached hydrogens (tertiary/aromatic N) is 1. The first-order valence-corrected chi connectivity index (χ1v) is 9.66. The minimum atomic E-state index is -2.94. The normalized spacial score (nSPS) is 18.3. The van der Waals surface area contributed by atoms with Crippen LogP contribution in [0.25, 0.3) is 0 Å². The summed E-state index contributed by atoms with van der Waals surface area (Å²) in [7, 11) is -2.94. The molecule has 1 heterocycles. The Bertz CT molecular complexity index is 567. The van der Waals surface area contributed by atoms with Gasteiger partial charge in [-0.15, -0.1) is 0 Å². The van der Waals surface area contributed by atoms with Crippen molar-refractivity contribution in [2.24, 2.45) is 0 Å². The van der Waals surface area contributed by atoms with Gasteiger partial charge < -0.3 is 0 Å². The Morgan fingerprint density at radius 3 is 1.91 bits per heavy atom. The number of hydrogen-bond acceptors (Lipinski definition) is 3. The number of hydrogen-bond donors (Lipinski definition) is 1. The molecule has 1 aliphatic carbocycles. The molecule has 1 saturated carbocycles. The van der Waals surface area contributed by atoms with Gasteiger partial charge in [0.15, 0.2) is 0 Å². The maximum atomic E-state index is 11.1. The predicted molar refractivity (Wildman–Crippen MR) is 91.0 cm³/mol. The number of rotatable bonds is 4. The maximum absolute atomic E-state index is 11.1. The van der Waals surface area contributed by atoms with Gasteiger partial charge in [0.2, 0.25) is 10.0 Å². The fourth-order valence-corrected chi connectivity index (χ4v) is 4.13. The summed E-state index contributed by atoms with van der Waals surface area (Å²) in [4.78, 5) is 2.49. The van der Waals surface area contributed by atoms with Crippen LogP contribution in [-0.2, 0) is 23.1 Å². The molecular formula is C17H28N2O2S. The third-order valence-electron chi connectivity index (χ3n) is 3.96. The van der Waals surface area contributed by atoms with Crippen LogP contribution < -0.4 is 4.72 Å². The van der Waals surface area contributed by atoms with Crippen LogP contribution in [0.4, 0.5) is 0 Å². The lowest BCUT2D eigenvalue weighted by Crippen LogP contribution is -2.32. The molecule has 1 aromatic carbocycles. The molecule has 0 saturated heterocycles. The van der Waals surface area contributed by atoms with Crippen LogP contribution in [0.1, 0.15) is 51.7 Å². The van der Waals surface area contributed by atoms with Crippen LogP contribution in [0.15, 0.2) is 24.3 Å². The van der Waals surface area contributed by atoms with Crippen LogP contribution >= 0.6 is 0 Å². The molecular weight excluding hydrogens is 296 g/mol. The van der Waals surface area contributed by atoms with Gasteiger partial charge in [0.1, 0.15) is 0 Å². The van der Waals surface area contributed by atoms with Crippen molar-refractivity contribution in [1.82, 2.24) is 9.62 Å². The first-order chi connectivity index (χ1) is 10.3. The number of benzene rings is 1. The average Bonchev–Trinajstić information content (AvgIpc) is 3.18. The second-order valence-corrected chi connectivity index (χ2v) is 8.78. The quantitative estimate of drug-likeness (QED) is 0.926. The van der Waals surface area contributed by atoms with Crippen molar-refractivity contribution in [2.45, 2.75) is 71.0 Å². The molecule has 0 radical (unpaired) electrons. The standard InChI is InChI=1S/C11H15N.C6H13NO2S/c1-9(2)12-7-10-5-3-4-6-11(10)8-12;1-5(2)7-10(8,9)6-3-4-6/h3-6,9H,7-8H2,1-2H3;5-7H,3-4H2,1-2H3. The molecule has 0 spiro atoms. The number of sulfonamides is 1. The first kappa shape index (κ1) is 17.4. The molecule has 0 amide bonds. The van der Waals surface area contributed by atoms with Crippen molar-refractivity contribution >= 4 is 10.0 Å². The van der Waals surface area contributed by atoms with E-state index in [9.17, 15) is 8.42 Å². The second kappa shape index (κ2) is 7.11. The molecule has 0 unspecified atom stereocenters. The van der Waals surface area contributed by atoms with Crippen molar-refractivity contribution in [3.8, 4) is 0 Å². The molecule has 22 heavy (non-hydrogen) atoms. The van der Waals surface area contributed by atoms with Crippen molar-refractivity contribution < 1.29 is 8.42 Å². The van der Waals surface area contributed by atoms with Gasteiger partial charge in [-0.2, -0.15) is 0 Å². The van der Waals surface area contributed by atoms with Gasteiger partial charge in [-0.05, 0) is 51.7 Å². The summed E-state index contributed by atoms with van der Waals surface area (Å²) >= 11 is 0. The fraction of sp³-hybridized carbons (Fsp3) is 0.647. The highest BCUT2D eigenvalue weighted by Gasteiger charge is 2.35. The monoisotopic (exact) mass is 324 g/mol. The third-order valence-corrected chi connectivity index (χ3v) is 6.11. The molecule has 1 N–H and O–H groups in total. The molecule has 0 aromatic heterocycles. The first-order valence-electron chi connectivity index (χ1n) is 8.11. The van der Waals surface area contributed by atoms with E-state index >= 15 is 0 Å². The molecule has 5 heteroatoms. The molecule has 2 aliphatic rings. The zero-order valence-corrected chi connectivity index (χ0v) is 14.9.